The molecule has 19 heavy (non-hydrogen) atoms. The van der Waals surface area contributed by atoms with Gasteiger partial charge in [-0.15, -0.1) is 11.3 Å². The fraction of sp³-hybridized carbons (Fsp3) is 0.750. The first kappa shape index (κ1) is 15.5. The van der Waals surface area contributed by atoms with Crippen LogP contribution in [0.25, 0.3) is 0 Å². The van der Waals surface area contributed by atoms with Crippen LogP contribution in [0.2, 0.25) is 0 Å². The van der Waals surface area contributed by atoms with Crippen molar-refractivity contribution in [1.29, 1.82) is 0 Å². The monoisotopic (exact) mass is 344 g/mol. The highest BCUT2D eigenvalue weighted by molar-refractivity contribution is 9.11. The van der Waals surface area contributed by atoms with Crippen LogP contribution in [-0.4, -0.2) is 5.11 Å². The molecule has 1 aromatic rings. The lowest BCUT2D eigenvalue weighted by Gasteiger charge is -2.38. The predicted octanol–water partition coefficient (Wildman–Crippen LogP) is 5.70. The number of rotatable bonds is 2. The molecule has 1 nitrogen and oxygen atoms in total. The Morgan fingerprint density at radius 2 is 1.84 bits per heavy atom. The SMILES string of the molecule is Cc1sc(Br)cc1C(O)C1CCC(C(C)(C)C)CC1. The van der Waals surface area contributed by atoms with E-state index < -0.39 is 0 Å². The first-order chi connectivity index (χ1) is 8.79. The number of aliphatic hydroxyl groups excluding tert-OH is 1. The summed E-state index contributed by atoms with van der Waals surface area (Å²) in [6.45, 7) is 9.13. The van der Waals surface area contributed by atoms with Crippen molar-refractivity contribution < 1.29 is 5.11 Å². The number of hydrogen-bond donors (Lipinski definition) is 1. The van der Waals surface area contributed by atoms with Gasteiger partial charge in [0.1, 0.15) is 0 Å². The fourth-order valence-corrected chi connectivity index (χ4v) is 5.06. The van der Waals surface area contributed by atoms with Crippen LogP contribution < -0.4 is 0 Å². The molecule has 1 unspecified atom stereocenters. The van der Waals surface area contributed by atoms with E-state index in [2.05, 4.69) is 49.7 Å². The van der Waals surface area contributed by atoms with Gasteiger partial charge in [0.2, 0.25) is 0 Å². The normalized spacial score (nSPS) is 26.4. The van der Waals surface area contributed by atoms with Gasteiger partial charge in [0, 0.05) is 4.88 Å². The zero-order valence-corrected chi connectivity index (χ0v) is 14.8. The summed E-state index contributed by atoms with van der Waals surface area (Å²) < 4.78 is 1.13. The summed E-state index contributed by atoms with van der Waals surface area (Å²) in [6.07, 6.45) is 4.57. The van der Waals surface area contributed by atoms with Gasteiger partial charge < -0.3 is 5.11 Å². The van der Waals surface area contributed by atoms with E-state index >= 15 is 0 Å². The van der Waals surface area contributed by atoms with Crippen LogP contribution in [0.5, 0.6) is 0 Å². The van der Waals surface area contributed by atoms with Crippen LogP contribution in [0.15, 0.2) is 9.85 Å². The van der Waals surface area contributed by atoms with Gasteiger partial charge in [0.05, 0.1) is 9.89 Å². The van der Waals surface area contributed by atoms with Crippen LogP contribution in [0.4, 0.5) is 0 Å². The molecule has 1 heterocycles. The highest BCUT2D eigenvalue weighted by Crippen LogP contribution is 2.44. The molecule has 1 aliphatic carbocycles. The zero-order valence-electron chi connectivity index (χ0n) is 12.4. The average Bonchev–Trinajstić information content (AvgIpc) is 2.66. The Kier molecular flexibility index (Phi) is 4.79. The van der Waals surface area contributed by atoms with Crippen molar-refractivity contribution in [1.82, 2.24) is 0 Å². The Morgan fingerprint density at radius 1 is 1.26 bits per heavy atom. The van der Waals surface area contributed by atoms with Crippen molar-refractivity contribution in [3.63, 3.8) is 0 Å². The number of halogens is 1. The summed E-state index contributed by atoms with van der Waals surface area (Å²) in [6, 6.07) is 2.10. The van der Waals surface area contributed by atoms with Crippen LogP contribution in [0, 0.1) is 24.2 Å². The average molecular weight is 345 g/mol. The molecule has 0 amide bonds. The van der Waals surface area contributed by atoms with E-state index in [1.165, 1.54) is 17.7 Å². The molecule has 0 aromatic carbocycles. The summed E-state index contributed by atoms with van der Waals surface area (Å²) in [7, 11) is 0. The maximum absolute atomic E-state index is 10.6. The molecule has 0 aliphatic heterocycles. The predicted molar refractivity (Wildman–Crippen MR) is 86.6 cm³/mol. The van der Waals surface area contributed by atoms with Crippen LogP contribution in [-0.2, 0) is 0 Å². The third-order valence-electron chi connectivity index (χ3n) is 4.69. The minimum Gasteiger partial charge on any atom is -0.388 e. The standard InChI is InChI=1S/C16H25BrOS/c1-10-13(9-14(17)19-10)15(18)11-5-7-12(8-6-11)16(2,3)4/h9,11-12,15,18H,5-8H2,1-4H3. The summed E-state index contributed by atoms with van der Waals surface area (Å²) in [5.74, 6) is 1.25. The highest BCUT2D eigenvalue weighted by Gasteiger charge is 2.33. The van der Waals surface area contributed by atoms with E-state index in [1.807, 2.05) is 0 Å². The Balaban J connectivity index is 2.00. The topological polar surface area (TPSA) is 20.2 Å². The van der Waals surface area contributed by atoms with Gasteiger partial charge in [-0.2, -0.15) is 0 Å². The van der Waals surface area contributed by atoms with Gasteiger partial charge in [0.15, 0.2) is 0 Å². The number of aliphatic hydroxyl groups is 1. The molecule has 1 saturated carbocycles. The summed E-state index contributed by atoms with van der Waals surface area (Å²) in [4.78, 5) is 1.25. The first-order valence-corrected chi connectivity index (χ1v) is 8.84. The molecule has 1 aromatic heterocycles. The van der Waals surface area contributed by atoms with Gasteiger partial charge >= 0.3 is 0 Å². The lowest BCUT2D eigenvalue weighted by molar-refractivity contribution is 0.0527. The van der Waals surface area contributed by atoms with Gasteiger partial charge in [-0.25, -0.2) is 0 Å². The first-order valence-electron chi connectivity index (χ1n) is 7.23. The second-order valence-corrected chi connectivity index (χ2v) is 9.62. The van der Waals surface area contributed by atoms with Gasteiger partial charge in [0.25, 0.3) is 0 Å². The van der Waals surface area contributed by atoms with Gasteiger partial charge in [-0.1, -0.05) is 20.8 Å². The Hall–Kier alpha value is 0.140. The highest BCUT2D eigenvalue weighted by atomic mass is 79.9. The lowest BCUT2D eigenvalue weighted by Crippen LogP contribution is -2.28. The third-order valence-corrected chi connectivity index (χ3v) is 6.26. The largest absolute Gasteiger partial charge is 0.388 e. The van der Waals surface area contributed by atoms with Crippen LogP contribution >= 0.6 is 27.3 Å². The van der Waals surface area contributed by atoms with Crippen molar-refractivity contribution in [2.45, 2.75) is 59.5 Å². The third kappa shape index (κ3) is 3.62. The van der Waals surface area contributed by atoms with Crippen molar-refractivity contribution in [2.24, 2.45) is 17.3 Å². The number of thiophene rings is 1. The summed E-state index contributed by atoms with van der Waals surface area (Å²) in [5.41, 5.74) is 1.55. The van der Waals surface area contributed by atoms with Crippen LogP contribution in [0.3, 0.4) is 0 Å². The quantitative estimate of drug-likeness (QED) is 0.728. The minimum absolute atomic E-state index is 0.275. The number of aryl methyl sites for hydroxylation is 1. The van der Waals surface area contributed by atoms with Crippen molar-refractivity contribution in [3.8, 4) is 0 Å². The Morgan fingerprint density at radius 3 is 2.26 bits per heavy atom. The van der Waals surface area contributed by atoms with E-state index in [9.17, 15) is 5.11 Å². The molecule has 0 bridgehead atoms. The maximum atomic E-state index is 10.6. The molecule has 0 radical (unpaired) electrons. The molecule has 1 aliphatic rings. The fourth-order valence-electron chi connectivity index (χ4n) is 3.31. The molecule has 0 saturated heterocycles. The molecule has 108 valence electrons. The summed E-state index contributed by atoms with van der Waals surface area (Å²) in [5, 5.41) is 10.6. The smallest absolute Gasteiger partial charge is 0.0829 e. The second kappa shape index (κ2) is 5.87. The van der Waals surface area contributed by atoms with E-state index in [-0.39, 0.29) is 6.10 Å². The molecule has 3 heteroatoms. The van der Waals surface area contributed by atoms with Crippen molar-refractivity contribution in [3.05, 3.63) is 20.3 Å². The van der Waals surface area contributed by atoms with Gasteiger partial charge in [-0.05, 0) is 77.4 Å². The minimum atomic E-state index is -0.275. The Bertz CT molecular complexity index is 424. The van der Waals surface area contributed by atoms with Gasteiger partial charge in [-0.3, -0.25) is 0 Å². The number of hydrogen-bond acceptors (Lipinski definition) is 2. The van der Waals surface area contributed by atoms with E-state index in [0.29, 0.717) is 11.3 Å². The molecule has 1 fully saturated rings. The van der Waals surface area contributed by atoms with E-state index in [0.717, 1.165) is 28.1 Å². The molecule has 1 N–H and O–H groups in total. The second-order valence-electron chi connectivity index (χ2n) is 6.98. The maximum Gasteiger partial charge on any atom is 0.0829 e. The zero-order chi connectivity index (χ0) is 14.2. The van der Waals surface area contributed by atoms with E-state index in [1.54, 1.807) is 11.3 Å². The van der Waals surface area contributed by atoms with Crippen molar-refractivity contribution >= 4 is 27.3 Å². The van der Waals surface area contributed by atoms with E-state index in [4.69, 9.17) is 0 Å². The lowest BCUT2D eigenvalue weighted by atomic mass is 9.68. The molecule has 1 atom stereocenters. The molecular formula is C16H25BrOS. The van der Waals surface area contributed by atoms with Crippen molar-refractivity contribution in [2.75, 3.05) is 0 Å². The molecule has 2 rings (SSSR count). The molecule has 0 spiro atoms. The Labute approximate surface area is 129 Å². The summed E-state index contributed by atoms with van der Waals surface area (Å²) >= 11 is 5.24. The van der Waals surface area contributed by atoms with Crippen LogP contribution in [0.1, 0.15) is 63.0 Å². The molecular weight excluding hydrogens is 320 g/mol.